The minimum absolute atomic E-state index is 0.0581. The van der Waals surface area contributed by atoms with Crippen molar-refractivity contribution in [3.8, 4) is 0 Å². The van der Waals surface area contributed by atoms with Gasteiger partial charge >= 0.3 is 0 Å². The summed E-state index contributed by atoms with van der Waals surface area (Å²) in [7, 11) is 0. The van der Waals surface area contributed by atoms with E-state index in [1.165, 1.54) is 0 Å². The van der Waals surface area contributed by atoms with Gasteiger partial charge in [-0.3, -0.25) is 4.79 Å². The molecule has 18 heavy (non-hydrogen) atoms. The highest BCUT2D eigenvalue weighted by atomic mass is 16.2. The highest BCUT2D eigenvalue weighted by Crippen LogP contribution is 2.16. The molecule has 5 heteroatoms. The van der Waals surface area contributed by atoms with Crippen molar-refractivity contribution in [3.63, 3.8) is 0 Å². The molecular formula is C13H22N4O. The van der Waals surface area contributed by atoms with Gasteiger partial charge in [0.05, 0.1) is 5.69 Å². The van der Waals surface area contributed by atoms with Crippen LogP contribution in [0.4, 0.5) is 11.5 Å². The Hall–Kier alpha value is -1.78. The number of hydrogen-bond acceptors (Lipinski definition) is 4. The number of likely N-dealkylation sites (N-methyl/N-ethyl adjacent to an activating group) is 1. The fraction of sp³-hybridized carbons (Fsp3) is 0.538. The molecule has 1 rings (SSSR count). The van der Waals surface area contributed by atoms with Crippen LogP contribution in [0, 0.1) is 6.92 Å². The average Bonchev–Trinajstić information content (AvgIpc) is 2.35. The van der Waals surface area contributed by atoms with E-state index < -0.39 is 0 Å². The van der Waals surface area contributed by atoms with Gasteiger partial charge in [0.1, 0.15) is 11.9 Å². The smallest absolute Gasteiger partial charge is 0.244 e. The lowest BCUT2D eigenvalue weighted by Gasteiger charge is -2.24. The second kappa shape index (κ2) is 6.23. The third kappa shape index (κ3) is 3.35. The van der Waals surface area contributed by atoms with Crippen molar-refractivity contribution < 1.29 is 4.79 Å². The second-order valence-electron chi connectivity index (χ2n) is 4.27. The maximum Gasteiger partial charge on any atom is 0.244 e. The Balaban J connectivity index is 2.77. The molecule has 1 unspecified atom stereocenters. The minimum atomic E-state index is -0.332. The first kappa shape index (κ1) is 14.3. The van der Waals surface area contributed by atoms with Crippen LogP contribution in [0.25, 0.3) is 0 Å². The van der Waals surface area contributed by atoms with Crippen LogP contribution < -0.4 is 11.1 Å². The Morgan fingerprint density at radius 1 is 1.44 bits per heavy atom. The third-order valence-electron chi connectivity index (χ3n) is 2.86. The summed E-state index contributed by atoms with van der Waals surface area (Å²) >= 11 is 0. The van der Waals surface area contributed by atoms with Gasteiger partial charge in [0.15, 0.2) is 0 Å². The van der Waals surface area contributed by atoms with Gasteiger partial charge in [-0.25, -0.2) is 4.98 Å². The highest BCUT2D eigenvalue weighted by molar-refractivity contribution is 5.84. The molecule has 1 amide bonds. The van der Waals surface area contributed by atoms with E-state index in [0.717, 1.165) is 5.69 Å². The molecule has 1 heterocycles. The SMILES string of the molecule is CCN(CC)C(=O)C(C)Nc1nc(C)ccc1N. The van der Waals surface area contributed by atoms with Gasteiger partial charge in [0.2, 0.25) is 5.91 Å². The van der Waals surface area contributed by atoms with Crippen molar-refractivity contribution in [2.24, 2.45) is 0 Å². The van der Waals surface area contributed by atoms with Gasteiger partial charge in [-0.15, -0.1) is 0 Å². The molecule has 3 N–H and O–H groups in total. The molecule has 1 atom stereocenters. The lowest BCUT2D eigenvalue weighted by atomic mass is 10.2. The number of pyridine rings is 1. The van der Waals surface area contributed by atoms with Crippen molar-refractivity contribution in [1.82, 2.24) is 9.88 Å². The largest absolute Gasteiger partial charge is 0.396 e. The van der Waals surface area contributed by atoms with Gasteiger partial charge in [-0.1, -0.05) is 0 Å². The quantitative estimate of drug-likeness (QED) is 0.833. The second-order valence-corrected chi connectivity index (χ2v) is 4.27. The molecule has 100 valence electrons. The van der Waals surface area contributed by atoms with E-state index in [4.69, 9.17) is 5.73 Å². The predicted octanol–water partition coefficient (Wildman–Crippen LogP) is 1.64. The molecule has 5 nitrogen and oxygen atoms in total. The van der Waals surface area contributed by atoms with Crippen LogP contribution in [0.15, 0.2) is 12.1 Å². The van der Waals surface area contributed by atoms with E-state index in [0.29, 0.717) is 24.6 Å². The number of nitrogens with zero attached hydrogens (tertiary/aromatic N) is 2. The van der Waals surface area contributed by atoms with Crippen LogP contribution >= 0.6 is 0 Å². The molecule has 0 aromatic carbocycles. The van der Waals surface area contributed by atoms with E-state index in [-0.39, 0.29) is 11.9 Å². The van der Waals surface area contributed by atoms with E-state index in [2.05, 4.69) is 10.3 Å². The number of carbonyl (C=O) groups is 1. The number of rotatable bonds is 5. The van der Waals surface area contributed by atoms with Crippen LogP contribution in [-0.2, 0) is 4.79 Å². The zero-order valence-corrected chi connectivity index (χ0v) is 11.5. The van der Waals surface area contributed by atoms with Gasteiger partial charge in [0, 0.05) is 18.8 Å². The Morgan fingerprint density at radius 3 is 2.61 bits per heavy atom. The molecule has 0 aliphatic carbocycles. The first-order chi connectivity index (χ1) is 8.49. The van der Waals surface area contributed by atoms with E-state index in [9.17, 15) is 4.79 Å². The summed E-state index contributed by atoms with van der Waals surface area (Å²) in [5, 5.41) is 3.07. The summed E-state index contributed by atoms with van der Waals surface area (Å²) in [6.07, 6.45) is 0. The number of anilines is 2. The molecule has 0 bridgehead atoms. The van der Waals surface area contributed by atoms with Crippen molar-refractivity contribution in [3.05, 3.63) is 17.8 Å². The van der Waals surface area contributed by atoms with Gasteiger partial charge in [-0.05, 0) is 39.8 Å². The number of hydrogen-bond donors (Lipinski definition) is 2. The summed E-state index contributed by atoms with van der Waals surface area (Å²) in [6.45, 7) is 9.06. The van der Waals surface area contributed by atoms with Gasteiger partial charge in [-0.2, -0.15) is 0 Å². The summed E-state index contributed by atoms with van der Waals surface area (Å²) in [5.41, 5.74) is 7.25. The summed E-state index contributed by atoms with van der Waals surface area (Å²) in [4.78, 5) is 18.2. The number of nitrogen functional groups attached to an aromatic ring is 1. The Bertz CT molecular complexity index is 415. The van der Waals surface area contributed by atoms with Crippen molar-refractivity contribution >= 4 is 17.4 Å². The van der Waals surface area contributed by atoms with Gasteiger partial charge < -0.3 is 16.0 Å². The maximum absolute atomic E-state index is 12.1. The Labute approximate surface area is 108 Å². The van der Waals surface area contributed by atoms with Crippen LogP contribution in [0.3, 0.4) is 0 Å². The molecule has 0 fully saturated rings. The molecule has 1 aromatic rings. The molecular weight excluding hydrogens is 228 g/mol. The summed E-state index contributed by atoms with van der Waals surface area (Å²) < 4.78 is 0. The molecule has 0 saturated carbocycles. The molecule has 0 radical (unpaired) electrons. The zero-order valence-electron chi connectivity index (χ0n) is 11.5. The topological polar surface area (TPSA) is 71.2 Å². The van der Waals surface area contributed by atoms with Crippen LogP contribution in [0.2, 0.25) is 0 Å². The predicted molar refractivity (Wildman–Crippen MR) is 74.4 cm³/mol. The molecule has 0 saturated heterocycles. The lowest BCUT2D eigenvalue weighted by molar-refractivity contribution is -0.131. The first-order valence-corrected chi connectivity index (χ1v) is 6.28. The normalized spacial score (nSPS) is 12.0. The number of nitrogens with two attached hydrogens (primary N) is 1. The lowest BCUT2D eigenvalue weighted by Crippen LogP contribution is -2.41. The van der Waals surface area contributed by atoms with Crippen molar-refractivity contribution in [2.45, 2.75) is 33.7 Å². The number of nitrogens with one attached hydrogen (secondary N) is 1. The van der Waals surface area contributed by atoms with E-state index in [1.807, 2.05) is 33.8 Å². The number of aryl methyl sites for hydroxylation is 1. The monoisotopic (exact) mass is 250 g/mol. The zero-order chi connectivity index (χ0) is 13.7. The average molecular weight is 250 g/mol. The van der Waals surface area contributed by atoms with Crippen molar-refractivity contribution in [1.29, 1.82) is 0 Å². The van der Waals surface area contributed by atoms with E-state index in [1.54, 1.807) is 11.0 Å². The Kier molecular flexibility index (Phi) is 4.95. The summed E-state index contributed by atoms with van der Waals surface area (Å²) in [6, 6.07) is 3.30. The molecule has 0 aliphatic heterocycles. The van der Waals surface area contributed by atoms with Crippen molar-refractivity contribution in [2.75, 3.05) is 24.1 Å². The van der Waals surface area contributed by atoms with Crippen LogP contribution in [0.1, 0.15) is 26.5 Å². The number of carbonyl (C=O) groups excluding carboxylic acids is 1. The first-order valence-electron chi connectivity index (χ1n) is 6.28. The van der Waals surface area contributed by atoms with E-state index >= 15 is 0 Å². The maximum atomic E-state index is 12.1. The van der Waals surface area contributed by atoms with Gasteiger partial charge in [0.25, 0.3) is 0 Å². The Morgan fingerprint density at radius 2 is 2.06 bits per heavy atom. The summed E-state index contributed by atoms with van der Waals surface area (Å²) in [5.74, 6) is 0.630. The third-order valence-corrected chi connectivity index (χ3v) is 2.86. The molecule has 1 aromatic heterocycles. The molecule has 0 spiro atoms. The number of aromatic nitrogens is 1. The minimum Gasteiger partial charge on any atom is -0.396 e. The van der Waals surface area contributed by atoms with Crippen LogP contribution in [0.5, 0.6) is 0 Å². The molecule has 0 aliphatic rings. The number of amides is 1. The van der Waals surface area contributed by atoms with Crippen LogP contribution in [-0.4, -0.2) is 34.9 Å². The fourth-order valence-electron chi connectivity index (χ4n) is 1.76. The standard InChI is InChI=1S/C13H22N4O/c1-5-17(6-2)13(18)10(4)16-12-11(14)8-7-9(3)15-12/h7-8,10H,5-6,14H2,1-4H3,(H,15,16). The highest BCUT2D eigenvalue weighted by Gasteiger charge is 2.18. The fourth-order valence-corrected chi connectivity index (χ4v) is 1.76.